The second kappa shape index (κ2) is 8.66. The zero-order chi connectivity index (χ0) is 21.9. The number of hydrogen-bond acceptors (Lipinski definition) is 6. The number of carboxylic acids is 1. The van der Waals surface area contributed by atoms with Crippen LogP contribution in [-0.4, -0.2) is 82.4 Å². The number of carbonyl (C=O) groups excluding carboxylic acids is 3. The number of amides is 3. The highest BCUT2D eigenvalue weighted by molar-refractivity contribution is 5.84. The van der Waals surface area contributed by atoms with Gasteiger partial charge in [-0.3, -0.25) is 9.69 Å². The first kappa shape index (κ1) is 23.5. The van der Waals surface area contributed by atoms with Gasteiger partial charge in [0.2, 0.25) is 5.91 Å². The van der Waals surface area contributed by atoms with E-state index in [-0.39, 0.29) is 19.5 Å². The van der Waals surface area contributed by atoms with E-state index in [2.05, 4.69) is 5.32 Å². The number of ether oxygens (including phenoxy) is 2. The van der Waals surface area contributed by atoms with Crippen LogP contribution in [0, 0.1) is 0 Å². The second-order valence-electron chi connectivity index (χ2n) is 8.82. The zero-order valence-electron chi connectivity index (χ0n) is 17.6. The molecule has 2 N–H and O–H groups in total. The van der Waals surface area contributed by atoms with Gasteiger partial charge in [-0.2, -0.15) is 0 Å². The number of nitrogens with one attached hydrogen (secondary N) is 1. The van der Waals surface area contributed by atoms with E-state index in [1.54, 1.807) is 41.5 Å². The highest BCUT2D eigenvalue weighted by Crippen LogP contribution is 2.21. The molecule has 0 aromatic carbocycles. The second-order valence-corrected chi connectivity index (χ2v) is 8.82. The SMILES string of the molecule is CN(CC(=O)N[C@@H]1C[C@@H](C(=O)O)N(C(=O)OC(C)(C)C)C1)C(=O)OC(C)(C)C. The lowest BCUT2D eigenvalue weighted by atomic mass is 10.1. The summed E-state index contributed by atoms with van der Waals surface area (Å²) in [7, 11) is 1.43. The lowest BCUT2D eigenvalue weighted by Gasteiger charge is -2.26. The topological polar surface area (TPSA) is 125 Å². The van der Waals surface area contributed by atoms with Gasteiger partial charge in [0.15, 0.2) is 0 Å². The minimum absolute atomic E-state index is 0.00771. The Kier molecular flexibility index (Phi) is 7.27. The van der Waals surface area contributed by atoms with Gasteiger partial charge >= 0.3 is 18.2 Å². The van der Waals surface area contributed by atoms with E-state index in [1.807, 2.05) is 0 Å². The molecule has 0 aromatic heterocycles. The lowest BCUT2D eigenvalue weighted by Crippen LogP contribution is -2.46. The third-order valence-corrected chi connectivity index (χ3v) is 3.67. The van der Waals surface area contributed by atoms with Gasteiger partial charge in [0, 0.05) is 26.1 Å². The molecule has 0 aromatic rings. The molecule has 1 heterocycles. The summed E-state index contributed by atoms with van der Waals surface area (Å²) in [5.74, 6) is -1.65. The highest BCUT2D eigenvalue weighted by atomic mass is 16.6. The summed E-state index contributed by atoms with van der Waals surface area (Å²) in [6, 6.07) is -1.66. The Morgan fingerprint density at radius 3 is 2.07 bits per heavy atom. The molecule has 0 bridgehead atoms. The first-order chi connectivity index (χ1) is 12.6. The Labute approximate surface area is 165 Å². The van der Waals surface area contributed by atoms with Gasteiger partial charge in [-0.15, -0.1) is 0 Å². The average Bonchev–Trinajstić information content (AvgIpc) is 2.87. The number of likely N-dealkylation sites (N-methyl/N-ethyl adjacent to an activating group) is 1. The Hall–Kier alpha value is -2.52. The zero-order valence-corrected chi connectivity index (χ0v) is 17.6. The van der Waals surface area contributed by atoms with E-state index < -0.39 is 47.3 Å². The molecule has 2 atom stereocenters. The van der Waals surface area contributed by atoms with Crippen LogP contribution in [0.4, 0.5) is 9.59 Å². The van der Waals surface area contributed by atoms with Crippen molar-refractivity contribution in [2.75, 3.05) is 20.1 Å². The van der Waals surface area contributed by atoms with Crippen LogP contribution in [0.25, 0.3) is 0 Å². The van der Waals surface area contributed by atoms with E-state index in [0.717, 1.165) is 9.80 Å². The smallest absolute Gasteiger partial charge is 0.411 e. The Morgan fingerprint density at radius 2 is 1.61 bits per heavy atom. The van der Waals surface area contributed by atoms with Gasteiger partial charge < -0.3 is 24.8 Å². The molecular formula is C18H31N3O7. The third kappa shape index (κ3) is 7.61. The molecule has 0 saturated carbocycles. The van der Waals surface area contributed by atoms with Crippen LogP contribution in [0.5, 0.6) is 0 Å². The lowest BCUT2D eigenvalue weighted by molar-refractivity contribution is -0.142. The van der Waals surface area contributed by atoms with Gasteiger partial charge in [-0.1, -0.05) is 0 Å². The van der Waals surface area contributed by atoms with Crippen LogP contribution in [0.3, 0.4) is 0 Å². The predicted molar refractivity (Wildman–Crippen MR) is 99.8 cm³/mol. The van der Waals surface area contributed by atoms with Crippen LogP contribution >= 0.6 is 0 Å². The molecular weight excluding hydrogens is 370 g/mol. The fraction of sp³-hybridized carbons (Fsp3) is 0.778. The quantitative estimate of drug-likeness (QED) is 0.730. The molecule has 3 amide bonds. The van der Waals surface area contributed by atoms with Crippen LogP contribution in [0.2, 0.25) is 0 Å². The van der Waals surface area contributed by atoms with Gasteiger partial charge in [-0.05, 0) is 41.5 Å². The van der Waals surface area contributed by atoms with E-state index in [4.69, 9.17) is 9.47 Å². The summed E-state index contributed by atoms with van der Waals surface area (Å²) in [6.07, 6.45) is -1.34. The fourth-order valence-corrected chi connectivity index (χ4v) is 2.59. The van der Waals surface area contributed by atoms with E-state index in [9.17, 15) is 24.3 Å². The predicted octanol–water partition coefficient (Wildman–Crippen LogP) is 1.43. The molecule has 10 heteroatoms. The fourth-order valence-electron chi connectivity index (χ4n) is 2.59. The van der Waals surface area contributed by atoms with Gasteiger partial charge in [0.25, 0.3) is 0 Å². The first-order valence-electron chi connectivity index (χ1n) is 9.05. The molecule has 0 unspecified atom stereocenters. The number of aliphatic carboxylic acids is 1. The van der Waals surface area contributed by atoms with Crippen molar-refractivity contribution in [3.8, 4) is 0 Å². The number of carbonyl (C=O) groups is 4. The normalized spacial score (nSPS) is 19.8. The van der Waals surface area contributed by atoms with Crippen molar-refractivity contribution in [1.82, 2.24) is 15.1 Å². The Bertz CT molecular complexity index is 622. The van der Waals surface area contributed by atoms with E-state index >= 15 is 0 Å². The van der Waals surface area contributed by atoms with Gasteiger partial charge in [0.05, 0.1) is 0 Å². The van der Waals surface area contributed by atoms with Crippen LogP contribution < -0.4 is 5.32 Å². The number of rotatable bonds is 4. The summed E-state index contributed by atoms with van der Waals surface area (Å²) in [5.41, 5.74) is -1.45. The summed E-state index contributed by atoms with van der Waals surface area (Å²) in [5, 5.41) is 12.0. The Balaban J connectivity index is 2.67. The third-order valence-electron chi connectivity index (χ3n) is 3.67. The molecule has 1 aliphatic heterocycles. The molecule has 1 fully saturated rings. The maximum atomic E-state index is 12.3. The maximum Gasteiger partial charge on any atom is 0.411 e. The number of hydrogen-bond donors (Lipinski definition) is 2. The van der Waals surface area contributed by atoms with Crippen molar-refractivity contribution in [3.63, 3.8) is 0 Å². The van der Waals surface area contributed by atoms with Crippen molar-refractivity contribution >= 4 is 24.1 Å². The van der Waals surface area contributed by atoms with Crippen LogP contribution in [-0.2, 0) is 19.1 Å². The summed E-state index contributed by atoms with van der Waals surface area (Å²) in [6.45, 7) is 9.95. The van der Waals surface area contributed by atoms with E-state index in [1.165, 1.54) is 7.05 Å². The highest BCUT2D eigenvalue weighted by Gasteiger charge is 2.42. The summed E-state index contributed by atoms with van der Waals surface area (Å²) >= 11 is 0. The largest absolute Gasteiger partial charge is 0.480 e. The maximum absolute atomic E-state index is 12.3. The van der Waals surface area contributed by atoms with Gasteiger partial charge in [-0.25, -0.2) is 14.4 Å². The van der Waals surface area contributed by atoms with Crippen molar-refractivity contribution in [2.45, 2.75) is 71.2 Å². The molecule has 1 aliphatic rings. The van der Waals surface area contributed by atoms with Crippen molar-refractivity contribution < 1.29 is 33.8 Å². The van der Waals surface area contributed by atoms with Crippen LogP contribution in [0.15, 0.2) is 0 Å². The molecule has 28 heavy (non-hydrogen) atoms. The molecule has 0 spiro atoms. The van der Waals surface area contributed by atoms with Crippen LogP contribution in [0.1, 0.15) is 48.0 Å². The Morgan fingerprint density at radius 1 is 1.07 bits per heavy atom. The molecule has 1 rings (SSSR count). The minimum Gasteiger partial charge on any atom is -0.480 e. The van der Waals surface area contributed by atoms with E-state index in [0.29, 0.717) is 0 Å². The number of nitrogens with zero attached hydrogens (tertiary/aromatic N) is 2. The number of likely N-dealkylation sites (tertiary alicyclic amines) is 1. The summed E-state index contributed by atoms with van der Waals surface area (Å²) in [4.78, 5) is 50.1. The van der Waals surface area contributed by atoms with Crippen molar-refractivity contribution in [1.29, 1.82) is 0 Å². The molecule has 0 radical (unpaired) electrons. The number of carboxylic acid groups (broad SMARTS) is 1. The first-order valence-corrected chi connectivity index (χ1v) is 9.05. The summed E-state index contributed by atoms with van der Waals surface area (Å²) < 4.78 is 10.4. The molecule has 0 aliphatic carbocycles. The monoisotopic (exact) mass is 401 g/mol. The van der Waals surface area contributed by atoms with Crippen molar-refractivity contribution in [2.24, 2.45) is 0 Å². The molecule has 160 valence electrons. The average molecular weight is 401 g/mol. The minimum atomic E-state index is -1.17. The standard InChI is InChI=1S/C18H31N3O7/c1-17(2,3)27-15(25)20(7)10-13(22)19-11-8-12(14(23)24)21(9-11)16(26)28-18(4,5)6/h11-12H,8-10H2,1-7H3,(H,19,22)(H,23,24)/t11-,12+/m1/s1. The molecule has 10 nitrogen and oxygen atoms in total. The van der Waals surface area contributed by atoms with Gasteiger partial charge in [0.1, 0.15) is 23.8 Å². The van der Waals surface area contributed by atoms with Crippen molar-refractivity contribution in [3.05, 3.63) is 0 Å². The molecule has 1 saturated heterocycles.